The molecular weight excluding hydrogens is 341 g/mol. The summed E-state index contributed by atoms with van der Waals surface area (Å²) in [4.78, 5) is 12.0. The van der Waals surface area contributed by atoms with Crippen molar-refractivity contribution in [2.24, 2.45) is 0 Å². The van der Waals surface area contributed by atoms with Crippen molar-refractivity contribution in [1.29, 1.82) is 0 Å². The number of carbonyl (C=O) groups is 1. The molecule has 4 heteroatoms. The van der Waals surface area contributed by atoms with Gasteiger partial charge in [-0.3, -0.25) is 4.79 Å². The molecule has 0 aliphatic heterocycles. The number of carbonyl (C=O) groups excluding carboxylic acids is 1. The Bertz CT molecular complexity index is 579. The van der Waals surface area contributed by atoms with Gasteiger partial charge in [-0.05, 0) is 71.5 Å². The van der Waals surface area contributed by atoms with E-state index < -0.39 is 0 Å². The lowest BCUT2D eigenvalue weighted by Crippen LogP contribution is -2.12. The number of amides is 1. The molecule has 0 radical (unpaired) electrons. The van der Waals surface area contributed by atoms with E-state index in [4.69, 9.17) is 0 Å². The van der Waals surface area contributed by atoms with Crippen LogP contribution < -0.4 is 5.32 Å². The van der Waals surface area contributed by atoms with Gasteiger partial charge in [-0.2, -0.15) is 0 Å². The fourth-order valence-corrected chi connectivity index (χ4v) is 2.05. The number of halogens is 1. The van der Waals surface area contributed by atoms with Gasteiger partial charge in [0.15, 0.2) is 0 Å². The van der Waals surface area contributed by atoms with Gasteiger partial charge in [0.25, 0.3) is 5.91 Å². The van der Waals surface area contributed by atoms with Crippen molar-refractivity contribution >= 4 is 34.2 Å². The van der Waals surface area contributed by atoms with E-state index in [2.05, 4.69) is 27.9 Å². The fraction of sp³-hybridized carbons (Fsp3) is 0.0714. The van der Waals surface area contributed by atoms with Crippen LogP contribution in [0.25, 0.3) is 0 Å². The Morgan fingerprint density at radius 2 is 1.83 bits per heavy atom. The molecule has 2 aromatic rings. The van der Waals surface area contributed by atoms with Crippen molar-refractivity contribution in [3.63, 3.8) is 0 Å². The van der Waals surface area contributed by atoms with E-state index in [9.17, 15) is 9.90 Å². The lowest BCUT2D eigenvalue weighted by molar-refractivity contribution is 0.102. The third kappa shape index (κ3) is 2.81. The lowest BCUT2D eigenvalue weighted by Gasteiger charge is -2.09. The first-order chi connectivity index (χ1) is 8.58. The van der Waals surface area contributed by atoms with E-state index in [1.165, 1.54) is 12.1 Å². The summed E-state index contributed by atoms with van der Waals surface area (Å²) in [5, 5.41) is 12.0. The predicted octanol–water partition coefficient (Wildman–Crippen LogP) is 3.56. The molecule has 0 heterocycles. The van der Waals surface area contributed by atoms with Crippen LogP contribution in [0.2, 0.25) is 0 Å². The van der Waals surface area contributed by atoms with Crippen LogP contribution in [-0.2, 0) is 0 Å². The van der Waals surface area contributed by atoms with Gasteiger partial charge in [0, 0.05) is 14.8 Å². The first-order valence-corrected chi connectivity index (χ1v) is 6.51. The van der Waals surface area contributed by atoms with Gasteiger partial charge in [-0.15, -0.1) is 0 Å². The van der Waals surface area contributed by atoms with Gasteiger partial charge >= 0.3 is 0 Å². The summed E-state index contributed by atoms with van der Waals surface area (Å²) in [7, 11) is 0. The maximum atomic E-state index is 12.0. The van der Waals surface area contributed by atoms with Crippen LogP contribution in [-0.4, -0.2) is 11.0 Å². The SMILES string of the molecule is Cc1c(I)cccc1NC(=O)c1ccc(O)cc1. The summed E-state index contributed by atoms with van der Waals surface area (Å²) in [5.74, 6) is -0.0305. The van der Waals surface area contributed by atoms with Gasteiger partial charge in [0.05, 0.1) is 0 Å². The van der Waals surface area contributed by atoms with Crippen LogP contribution in [0.5, 0.6) is 5.75 Å². The number of aromatic hydroxyl groups is 1. The van der Waals surface area contributed by atoms with E-state index in [1.807, 2.05) is 25.1 Å². The lowest BCUT2D eigenvalue weighted by atomic mass is 10.1. The molecule has 0 unspecified atom stereocenters. The van der Waals surface area contributed by atoms with Crippen LogP contribution >= 0.6 is 22.6 Å². The van der Waals surface area contributed by atoms with Gasteiger partial charge in [-0.1, -0.05) is 6.07 Å². The zero-order valence-corrected chi connectivity index (χ0v) is 11.9. The highest BCUT2D eigenvalue weighted by Crippen LogP contribution is 2.21. The summed E-state index contributed by atoms with van der Waals surface area (Å²) in [6.07, 6.45) is 0. The van der Waals surface area contributed by atoms with Gasteiger partial charge < -0.3 is 10.4 Å². The molecule has 0 saturated heterocycles. The minimum Gasteiger partial charge on any atom is -0.508 e. The molecule has 0 fully saturated rings. The Morgan fingerprint density at radius 3 is 2.50 bits per heavy atom. The van der Waals surface area contributed by atoms with Crippen molar-refractivity contribution in [2.75, 3.05) is 5.32 Å². The number of anilines is 1. The second-order valence-electron chi connectivity index (χ2n) is 3.91. The van der Waals surface area contributed by atoms with Crippen molar-refractivity contribution in [3.8, 4) is 5.75 Å². The summed E-state index contributed by atoms with van der Waals surface area (Å²) in [6, 6.07) is 11.9. The number of phenolic OH excluding ortho intramolecular Hbond substituents is 1. The number of hydrogen-bond acceptors (Lipinski definition) is 2. The van der Waals surface area contributed by atoms with Gasteiger partial charge in [-0.25, -0.2) is 0 Å². The van der Waals surface area contributed by atoms with Crippen molar-refractivity contribution in [1.82, 2.24) is 0 Å². The van der Waals surface area contributed by atoms with E-state index in [0.717, 1.165) is 14.8 Å². The van der Waals surface area contributed by atoms with Gasteiger partial charge in [0.1, 0.15) is 5.75 Å². The number of benzene rings is 2. The van der Waals surface area contributed by atoms with Crippen LogP contribution in [0.4, 0.5) is 5.69 Å². The van der Waals surface area contributed by atoms with E-state index >= 15 is 0 Å². The number of nitrogens with one attached hydrogen (secondary N) is 1. The minimum absolute atomic E-state index is 0.150. The van der Waals surface area contributed by atoms with Crippen molar-refractivity contribution < 1.29 is 9.90 Å². The summed E-state index contributed by atoms with van der Waals surface area (Å²) in [5.41, 5.74) is 2.37. The molecule has 2 N–H and O–H groups in total. The topological polar surface area (TPSA) is 49.3 Å². The third-order valence-electron chi connectivity index (χ3n) is 2.65. The normalized spacial score (nSPS) is 10.1. The van der Waals surface area contributed by atoms with E-state index in [-0.39, 0.29) is 11.7 Å². The number of rotatable bonds is 2. The first kappa shape index (κ1) is 12.9. The molecule has 0 aliphatic carbocycles. The van der Waals surface area contributed by atoms with Crippen molar-refractivity contribution in [3.05, 3.63) is 57.2 Å². The van der Waals surface area contributed by atoms with E-state index in [1.54, 1.807) is 12.1 Å². The molecule has 0 saturated carbocycles. The molecule has 2 rings (SSSR count). The third-order valence-corrected chi connectivity index (χ3v) is 3.81. The second-order valence-corrected chi connectivity index (χ2v) is 5.08. The monoisotopic (exact) mass is 353 g/mol. The Kier molecular flexibility index (Phi) is 3.86. The Balaban J connectivity index is 2.21. The maximum absolute atomic E-state index is 12.0. The predicted molar refractivity (Wildman–Crippen MR) is 80.0 cm³/mol. The quantitative estimate of drug-likeness (QED) is 0.812. The van der Waals surface area contributed by atoms with Crippen LogP contribution in [0.3, 0.4) is 0 Å². The molecule has 0 aromatic heterocycles. The second kappa shape index (κ2) is 5.39. The molecule has 0 bridgehead atoms. The van der Waals surface area contributed by atoms with Gasteiger partial charge in [0.2, 0.25) is 0 Å². The zero-order valence-electron chi connectivity index (χ0n) is 9.77. The molecule has 0 aliphatic rings. The molecule has 92 valence electrons. The maximum Gasteiger partial charge on any atom is 0.255 e. The van der Waals surface area contributed by atoms with Crippen LogP contribution in [0.15, 0.2) is 42.5 Å². The molecule has 3 nitrogen and oxygen atoms in total. The van der Waals surface area contributed by atoms with Crippen LogP contribution in [0, 0.1) is 10.5 Å². The molecular formula is C14H12INO2. The molecule has 0 atom stereocenters. The Labute approximate surface area is 119 Å². The summed E-state index contributed by atoms with van der Waals surface area (Å²) < 4.78 is 1.11. The average Bonchev–Trinajstić information content (AvgIpc) is 2.36. The number of phenols is 1. The Hall–Kier alpha value is -1.56. The Morgan fingerprint density at radius 1 is 1.17 bits per heavy atom. The van der Waals surface area contributed by atoms with Crippen molar-refractivity contribution in [2.45, 2.75) is 6.92 Å². The van der Waals surface area contributed by atoms with E-state index in [0.29, 0.717) is 5.56 Å². The highest BCUT2D eigenvalue weighted by molar-refractivity contribution is 14.1. The molecule has 18 heavy (non-hydrogen) atoms. The highest BCUT2D eigenvalue weighted by Gasteiger charge is 2.08. The molecule has 2 aromatic carbocycles. The highest BCUT2D eigenvalue weighted by atomic mass is 127. The minimum atomic E-state index is -0.180. The molecule has 1 amide bonds. The summed E-state index contributed by atoms with van der Waals surface area (Å²) in [6.45, 7) is 1.97. The van der Waals surface area contributed by atoms with Crippen LogP contribution in [0.1, 0.15) is 15.9 Å². The fourth-order valence-electron chi connectivity index (χ4n) is 1.55. The smallest absolute Gasteiger partial charge is 0.255 e. The first-order valence-electron chi connectivity index (χ1n) is 5.43. The summed E-state index contributed by atoms with van der Waals surface area (Å²) >= 11 is 2.23. The average molecular weight is 353 g/mol. The number of hydrogen-bond donors (Lipinski definition) is 2. The standard InChI is InChI=1S/C14H12INO2/c1-9-12(15)3-2-4-13(9)16-14(18)10-5-7-11(17)8-6-10/h2-8,17H,1H3,(H,16,18). The zero-order chi connectivity index (χ0) is 13.1. The molecule has 0 spiro atoms. The largest absolute Gasteiger partial charge is 0.508 e.